The fraction of sp³-hybridized carbons (Fsp3) is 0.176. The third kappa shape index (κ3) is 3.97. The van der Waals surface area contributed by atoms with Crippen molar-refractivity contribution in [2.75, 3.05) is 5.32 Å². The van der Waals surface area contributed by atoms with Gasteiger partial charge in [-0.15, -0.1) is 0 Å². The second-order valence-electron chi connectivity index (χ2n) is 5.37. The zero-order valence-electron chi connectivity index (χ0n) is 13.4. The summed E-state index contributed by atoms with van der Waals surface area (Å²) >= 11 is 1.36. The predicted molar refractivity (Wildman–Crippen MR) is 97.8 cm³/mol. The van der Waals surface area contributed by atoms with Gasteiger partial charge in [-0.3, -0.25) is 14.9 Å². The summed E-state index contributed by atoms with van der Waals surface area (Å²) in [4.78, 5) is 30.3. The van der Waals surface area contributed by atoms with Crippen molar-refractivity contribution in [1.29, 1.82) is 0 Å². The molecule has 8 heteroatoms. The minimum atomic E-state index is -0.474. The molecule has 0 radical (unpaired) electrons. The van der Waals surface area contributed by atoms with Crippen LogP contribution in [0.4, 0.5) is 11.4 Å². The maximum absolute atomic E-state index is 12.5. The average Bonchev–Trinajstić information content (AvgIpc) is 3.02. The molecule has 0 fully saturated rings. The molecule has 128 valence electrons. The average molecular weight is 356 g/mol. The first-order chi connectivity index (χ1) is 12.1. The topological polar surface area (TPSA) is 101 Å². The highest BCUT2D eigenvalue weighted by Crippen LogP contribution is 2.26. The number of amides is 1. The minimum absolute atomic E-state index is 0.0123. The number of para-hydroxylation sites is 2. The number of nitro groups is 1. The molecule has 0 saturated carbocycles. The van der Waals surface area contributed by atoms with Crippen molar-refractivity contribution in [3.8, 4) is 0 Å². The molecular weight excluding hydrogens is 340 g/mol. The monoisotopic (exact) mass is 356 g/mol. The van der Waals surface area contributed by atoms with E-state index in [-0.39, 0.29) is 16.8 Å². The summed E-state index contributed by atoms with van der Waals surface area (Å²) in [6, 6.07) is 13.5. The molecule has 1 amide bonds. The van der Waals surface area contributed by atoms with Crippen molar-refractivity contribution in [3.63, 3.8) is 0 Å². The van der Waals surface area contributed by atoms with E-state index in [1.807, 2.05) is 31.2 Å². The number of non-ortho nitro benzene ring substituents is 1. The first-order valence-corrected chi connectivity index (χ1v) is 8.61. The first kappa shape index (κ1) is 17.0. The highest BCUT2D eigenvalue weighted by atomic mass is 32.2. The largest absolute Gasteiger partial charge is 0.333 e. The minimum Gasteiger partial charge on any atom is -0.333 e. The summed E-state index contributed by atoms with van der Waals surface area (Å²) in [6.07, 6.45) is 0.626. The number of imidazole rings is 1. The third-order valence-corrected chi connectivity index (χ3v) is 4.88. The van der Waals surface area contributed by atoms with Gasteiger partial charge in [0.05, 0.1) is 21.2 Å². The summed E-state index contributed by atoms with van der Waals surface area (Å²) in [7, 11) is 0. The van der Waals surface area contributed by atoms with Crippen LogP contribution >= 0.6 is 11.8 Å². The van der Waals surface area contributed by atoms with Gasteiger partial charge in [0.25, 0.3) is 5.69 Å². The molecule has 0 bridgehead atoms. The van der Waals surface area contributed by atoms with Crippen LogP contribution in [0.1, 0.15) is 13.3 Å². The predicted octanol–water partition coefficient (Wildman–Crippen LogP) is 3.98. The Labute approximate surface area is 148 Å². The van der Waals surface area contributed by atoms with Crippen molar-refractivity contribution >= 4 is 40.1 Å². The quantitative estimate of drug-likeness (QED) is 0.395. The molecule has 3 rings (SSSR count). The van der Waals surface area contributed by atoms with E-state index in [1.54, 1.807) is 0 Å². The van der Waals surface area contributed by atoms with E-state index in [0.717, 1.165) is 11.0 Å². The van der Waals surface area contributed by atoms with E-state index < -0.39 is 4.92 Å². The molecule has 7 nitrogen and oxygen atoms in total. The van der Waals surface area contributed by atoms with Crippen LogP contribution in [0, 0.1) is 10.1 Å². The molecule has 1 heterocycles. The van der Waals surface area contributed by atoms with Crippen molar-refractivity contribution in [3.05, 3.63) is 58.6 Å². The van der Waals surface area contributed by atoms with Crippen molar-refractivity contribution in [2.45, 2.75) is 23.8 Å². The smallest absolute Gasteiger partial charge is 0.269 e. The number of aromatic amines is 1. The lowest BCUT2D eigenvalue weighted by molar-refractivity contribution is -0.384. The number of carbonyl (C=O) groups excluding carboxylic acids is 1. The lowest BCUT2D eigenvalue weighted by atomic mass is 10.2. The summed E-state index contributed by atoms with van der Waals surface area (Å²) in [5.74, 6) is -0.165. The van der Waals surface area contributed by atoms with Gasteiger partial charge in [-0.25, -0.2) is 4.98 Å². The molecule has 2 N–H and O–H groups in total. The highest BCUT2D eigenvalue weighted by molar-refractivity contribution is 8.00. The number of benzene rings is 2. The van der Waals surface area contributed by atoms with Crippen LogP contribution in [0.15, 0.2) is 53.7 Å². The summed E-state index contributed by atoms with van der Waals surface area (Å²) < 4.78 is 0. The maximum Gasteiger partial charge on any atom is 0.269 e. The second kappa shape index (κ2) is 7.35. The van der Waals surface area contributed by atoms with E-state index in [1.165, 1.54) is 36.0 Å². The molecule has 0 aliphatic carbocycles. The standard InChI is InChI=1S/C17H16N4O3S/c1-2-15(25-17-19-13-5-3-4-6-14(13)20-17)16(22)18-11-7-9-12(10-8-11)21(23)24/h3-10,15H,2H2,1H3,(H,18,22)(H,19,20). The van der Waals surface area contributed by atoms with Crippen LogP contribution < -0.4 is 5.32 Å². The second-order valence-corrected chi connectivity index (χ2v) is 6.56. The van der Waals surface area contributed by atoms with E-state index in [0.29, 0.717) is 17.3 Å². The number of rotatable bonds is 6. The maximum atomic E-state index is 12.5. The number of nitrogens with zero attached hydrogens (tertiary/aromatic N) is 2. The Hall–Kier alpha value is -2.87. The number of H-pyrrole nitrogens is 1. The van der Waals surface area contributed by atoms with Crippen LogP contribution in [0.25, 0.3) is 11.0 Å². The Bertz CT molecular complexity index is 875. The molecule has 0 saturated heterocycles. The SMILES string of the molecule is CCC(Sc1nc2ccccc2[nH]1)C(=O)Nc1ccc([N+](=O)[O-])cc1. The van der Waals surface area contributed by atoms with Gasteiger partial charge in [-0.05, 0) is 30.7 Å². The van der Waals surface area contributed by atoms with E-state index in [9.17, 15) is 14.9 Å². The highest BCUT2D eigenvalue weighted by Gasteiger charge is 2.20. The molecule has 0 aliphatic heterocycles. The van der Waals surface area contributed by atoms with Gasteiger partial charge in [0.2, 0.25) is 5.91 Å². The number of thioether (sulfide) groups is 1. The molecular formula is C17H16N4O3S. The van der Waals surface area contributed by atoms with Gasteiger partial charge in [0.15, 0.2) is 5.16 Å². The number of anilines is 1. The van der Waals surface area contributed by atoms with Gasteiger partial charge in [0.1, 0.15) is 0 Å². The van der Waals surface area contributed by atoms with Crippen LogP contribution in [0.5, 0.6) is 0 Å². The van der Waals surface area contributed by atoms with Crippen molar-refractivity contribution < 1.29 is 9.72 Å². The van der Waals surface area contributed by atoms with Crippen LogP contribution in [-0.2, 0) is 4.79 Å². The zero-order chi connectivity index (χ0) is 17.8. The Morgan fingerprint density at radius 3 is 2.64 bits per heavy atom. The number of aromatic nitrogens is 2. The number of fused-ring (bicyclic) bond motifs is 1. The zero-order valence-corrected chi connectivity index (χ0v) is 14.2. The third-order valence-electron chi connectivity index (χ3n) is 3.63. The molecule has 3 aromatic rings. The van der Waals surface area contributed by atoms with Crippen molar-refractivity contribution in [1.82, 2.24) is 9.97 Å². The van der Waals surface area contributed by atoms with Gasteiger partial charge in [-0.2, -0.15) is 0 Å². The number of carbonyl (C=O) groups is 1. The fourth-order valence-electron chi connectivity index (χ4n) is 2.33. The lowest BCUT2D eigenvalue weighted by Crippen LogP contribution is -2.24. The number of hydrogen-bond donors (Lipinski definition) is 2. The fourth-order valence-corrected chi connectivity index (χ4v) is 3.25. The van der Waals surface area contributed by atoms with Crippen LogP contribution in [-0.4, -0.2) is 26.0 Å². The molecule has 0 spiro atoms. The van der Waals surface area contributed by atoms with Crippen LogP contribution in [0.2, 0.25) is 0 Å². The molecule has 1 unspecified atom stereocenters. The number of nitro benzene ring substituents is 1. The summed E-state index contributed by atoms with van der Waals surface area (Å²) in [5, 5.41) is 13.8. The molecule has 2 aromatic carbocycles. The lowest BCUT2D eigenvalue weighted by Gasteiger charge is -2.13. The Balaban J connectivity index is 1.69. The van der Waals surface area contributed by atoms with E-state index in [4.69, 9.17) is 0 Å². The van der Waals surface area contributed by atoms with Crippen molar-refractivity contribution in [2.24, 2.45) is 0 Å². The Morgan fingerprint density at radius 1 is 1.28 bits per heavy atom. The molecule has 1 atom stereocenters. The Kier molecular flexibility index (Phi) is 4.99. The first-order valence-electron chi connectivity index (χ1n) is 7.73. The van der Waals surface area contributed by atoms with E-state index in [2.05, 4.69) is 15.3 Å². The normalized spacial score (nSPS) is 12.0. The van der Waals surface area contributed by atoms with Gasteiger partial charge in [0, 0.05) is 17.8 Å². The van der Waals surface area contributed by atoms with E-state index >= 15 is 0 Å². The van der Waals surface area contributed by atoms with Crippen LogP contribution in [0.3, 0.4) is 0 Å². The number of nitrogens with one attached hydrogen (secondary N) is 2. The molecule has 25 heavy (non-hydrogen) atoms. The summed E-state index contributed by atoms with van der Waals surface area (Å²) in [6.45, 7) is 1.93. The summed E-state index contributed by atoms with van der Waals surface area (Å²) in [5.41, 5.74) is 2.30. The van der Waals surface area contributed by atoms with Gasteiger partial charge in [-0.1, -0.05) is 30.8 Å². The molecule has 0 aliphatic rings. The van der Waals surface area contributed by atoms with Gasteiger partial charge >= 0.3 is 0 Å². The van der Waals surface area contributed by atoms with Gasteiger partial charge < -0.3 is 10.3 Å². The Morgan fingerprint density at radius 2 is 2.00 bits per heavy atom. The number of hydrogen-bond acceptors (Lipinski definition) is 5. The molecule has 1 aromatic heterocycles.